The minimum atomic E-state index is -1.52. The summed E-state index contributed by atoms with van der Waals surface area (Å²) in [6.07, 6.45) is 0.601. The van der Waals surface area contributed by atoms with E-state index in [0.717, 1.165) is 22.1 Å². The lowest BCUT2D eigenvalue weighted by Crippen LogP contribution is -2.30. The highest BCUT2D eigenvalue weighted by molar-refractivity contribution is 6.59. The molecule has 0 spiro atoms. The van der Waals surface area contributed by atoms with Crippen molar-refractivity contribution in [3.8, 4) is 5.75 Å². The van der Waals surface area contributed by atoms with E-state index in [2.05, 4.69) is 5.32 Å². The Hall–Kier alpha value is -2.05. The van der Waals surface area contributed by atoms with Crippen molar-refractivity contribution in [3.63, 3.8) is 0 Å². The van der Waals surface area contributed by atoms with E-state index in [9.17, 15) is 14.8 Å². The molecule has 1 amide bonds. The van der Waals surface area contributed by atoms with E-state index in [0.29, 0.717) is 18.4 Å². The fourth-order valence-corrected chi connectivity index (χ4v) is 2.30. The van der Waals surface area contributed by atoms with Crippen molar-refractivity contribution in [3.05, 3.63) is 35.9 Å². The molecule has 0 aliphatic heterocycles. The van der Waals surface area contributed by atoms with Crippen molar-refractivity contribution in [2.45, 2.75) is 13.3 Å². The normalized spacial score (nSPS) is 10.5. The van der Waals surface area contributed by atoms with Crippen molar-refractivity contribution in [1.82, 2.24) is 5.32 Å². The van der Waals surface area contributed by atoms with Crippen LogP contribution in [0.1, 0.15) is 12.5 Å². The molecule has 0 saturated carbocycles. The summed E-state index contributed by atoms with van der Waals surface area (Å²) in [6.45, 7) is 1.96. The van der Waals surface area contributed by atoms with Gasteiger partial charge in [0.05, 0.1) is 7.11 Å². The molecule has 0 atom stereocenters. The molecule has 0 aliphatic carbocycles. The van der Waals surface area contributed by atoms with Gasteiger partial charge in [-0.25, -0.2) is 0 Å². The lowest BCUT2D eigenvalue weighted by atomic mass is 9.78. The van der Waals surface area contributed by atoms with Gasteiger partial charge in [-0.2, -0.15) is 0 Å². The van der Waals surface area contributed by atoms with Crippen LogP contribution in [0.2, 0.25) is 0 Å². The third-order valence-electron chi connectivity index (χ3n) is 3.34. The first kappa shape index (κ1) is 15.3. The van der Waals surface area contributed by atoms with E-state index >= 15 is 0 Å². The molecule has 21 heavy (non-hydrogen) atoms. The van der Waals surface area contributed by atoms with E-state index in [1.54, 1.807) is 19.2 Å². The second-order valence-electron chi connectivity index (χ2n) is 4.87. The Labute approximate surface area is 123 Å². The maximum atomic E-state index is 11.0. The van der Waals surface area contributed by atoms with Crippen molar-refractivity contribution in [1.29, 1.82) is 0 Å². The molecule has 0 unspecified atom stereocenters. The summed E-state index contributed by atoms with van der Waals surface area (Å²) in [5.74, 6) is 0.649. The van der Waals surface area contributed by atoms with E-state index in [1.165, 1.54) is 6.92 Å². The highest BCUT2D eigenvalue weighted by Crippen LogP contribution is 2.23. The fourth-order valence-electron chi connectivity index (χ4n) is 2.30. The van der Waals surface area contributed by atoms with Gasteiger partial charge in [-0.1, -0.05) is 18.2 Å². The van der Waals surface area contributed by atoms with E-state index in [1.807, 2.05) is 18.2 Å². The monoisotopic (exact) mass is 287 g/mol. The first-order valence-electron chi connectivity index (χ1n) is 6.72. The topological polar surface area (TPSA) is 78.8 Å². The van der Waals surface area contributed by atoms with Gasteiger partial charge in [0.25, 0.3) is 0 Å². The molecule has 0 radical (unpaired) electrons. The number of benzene rings is 2. The SMILES string of the molecule is COc1ccc2cc(B(O)O)cc(CCNC(C)=O)c2c1. The van der Waals surface area contributed by atoms with Gasteiger partial charge in [0.2, 0.25) is 5.91 Å². The summed E-state index contributed by atoms with van der Waals surface area (Å²) in [4.78, 5) is 11.0. The van der Waals surface area contributed by atoms with E-state index < -0.39 is 7.12 Å². The number of amides is 1. The quantitative estimate of drug-likeness (QED) is 0.687. The van der Waals surface area contributed by atoms with Gasteiger partial charge in [-0.05, 0) is 40.4 Å². The number of hydrogen-bond donors (Lipinski definition) is 3. The van der Waals surface area contributed by atoms with Gasteiger partial charge in [0.15, 0.2) is 0 Å². The number of carbonyl (C=O) groups is 1. The number of nitrogens with one attached hydrogen (secondary N) is 1. The Morgan fingerprint density at radius 3 is 2.67 bits per heavy atom. The van der Waals surface area contributed by atoms with Crippen molar-refractivity contribution in [2.24, 2.45) is 0 Å². The van der Waals surface area contributed by atoms with Crippen molar-refractivity contribution < 1.29 is 19.6 Å². The zero-order valence-electron chi connectivity index (χ0n) is 12.1. The van der Waals surface area contributed by atoms with E-state index in [4.69, 9.17) is 4.74 Å². The highest BCUT2D eigenvalue weighted by atomic mass is 16.5. The van der Waals surface area contributed by atoms with Gasteiger partial charge >= 0.3 is 7.12 Å². The number of methoxy groups -OCH3 is 1. The Morgan fingerprint density at radius 2 is 2.05 bits per heavy atom. The summed E-state index contributed by atoms with van der Waals surface area (Å²) in [5.41, 5.74) is 1.37. The summed E-state index contributed by atoms with van der Waals surface area (Å²) >= 11 is 0. The fraction of sp³-hybridized carbons (Fsp3) is 0.267. The molecule has 0 aromatic heterocycles. The van der Waals surface area contributed by atoms with Crippen LogP contribution >= 0.6 is 0 Å². The molecule has 2 aromatic rings. The maximum Gasteiger partial charge on any atom is 0.488 e. The van der Waals surface area contributed by atoms with Gasteiger partial charge < -0.3 is 20.1 Å². The predicted molar refractivity (Wildman–Crippen MR) is 82.7 cm³/mol. The van der Waals surface area contributed by atoms with Crippen LogP contribution in [0.5, 0.6) is 5.75 Å². The van der Waals surface area contributed by atoms with Gasteiger partial charge in [-0.3, -0.25) is 4.79 Å². The minimum Gasteiger partial charge on any atom is -0.497 e. The van der Waals surface area contributed by atoms with Crippen LogP contribution in [0.4, 0.5) is 0 Å². The van der Waals surface area contributed by atoms with Crippen LogP contribution in [0, 0.1) is 0 Å². The molecule has 0 heterocycles. The zero-order valence-corrected chi connectivity index (χ0v) is 12.1. The van der Waals surface area contributed by atoms with Crippen LogP contribution in [0.3, 0.4) is 0 Å². The molecule has 5 nitrogen and oxygen atoms in total. The lowest BCUT2D eigenvalue weighted by Gasteiger charge is -2.12. The summed E-state index contributed by atoms with van der Waals surface area (Å²) < 4.78 is 5.23. The second kappa shape index (κ2) is 6.60. The minimum absolute atomic E-state index is 0.0877. The van der Waals surface area contributed by atoms with Crippen molar-refractivity contribution >= 4 is 29.3 Å². The Balaban J connectivity index is 2.43. The zero-order chi connectivity index (χ0) is 15.4. The molecule has 0 fully saturated rings. The average Bonchev–Trinajstić information content (AvgIpc) is 2.46. The molecule has 0 bridgehead atoms. The number of hydrogen-bond acceptors (Lipinski definition) is 4. The molecule has 0 aliphatic rings. The molecule has 2 rings (SSSR count). The lowest BCUT2D eigenvalue weighted by molar-refractivity contribution is -0.118. The summed E-state index contributed by atoms with van der Waals surface area (Å²) in [7, 11) is 0.0836. The standard InChI is InChI=1S/C15H18BNO4/c1-10(18)17-6-5-12-8-13(16(19)20)7-11-3-4-14(21-2)9-15(11)12/h3-4,7-9,19-20H,5-6H2,1-2H3,(H,17,18). The summed E-state index contributed by atoms with van der Waals surface area (Å²) in [5, 5.41) is 23.4. The molecular weight excluding hydrogens is 269 g/mol. The molecule has 3 N–H and O–H groups in total. The van der Waals surface area contributed by atoms with E-state index in [-0.39, 0.29) is 5.91 Å². The number of rotatable bonds is 5. The van der Waals surface area contributed by atoms with Gasteiger partial charge in [-0.15, -0.1) is 0 Å². The smallest absolute Gasteiger partial charge is 0.488 e. The van der Waals surface area contributed by atoms with Crippen LogP contribution in [-0.4, -0.2) is 36.7 Å². The Kier molecular flexibility index (Phi) is 4.83. The Morgan fingerprint density at radius 1 is 1.29 bits per heavy atom. The Bertz CT molecular complexity index is 657. The molecule has 110 valence electrons. The maximum absolute atomic E-state index is 11.0. The molecule has 0 saturated heterocycles. The molecule has 2 aromatic carbocycles. The van der Waals surface area contributed by atoms with Crippen LogP contribution in [-0.2, 0) is 11.2 Å². The molecule has 6 heteroatoms. The van der Waals surface area contributed by atoms with Gasteiger partial charge in [0, 0.05) is 13.5 Å². The first-order valence-corrected chi connectivity index (χ1v) is 6.72. The van der Waals surface area contributed by atoms with Gasteiger partial charge in [0.1, 0.15) is 5.75 Å². The second-order valence-corrected chi connectivity index (χ2v) is 4.87. The number of fused-ring (bicyclic) bond motifs is 1. The van der Waals surface area contributed by atoms with Crippen molar-refractivity contribution in [2.75, 3.05) is 13.7 Å². The van der Waals surface area contributed by atoms with Crippen LogP contribution in [0.25, 0.3) is 10.8 Å². The summed E-state index contributed by atoms with van der Waals surface area (Å²) in [6, 6.07) is 9.09. The predicted octanol–water partition coefficient (Wildman–Crippen LogP) is 0.207. The van der Waals surface area contributed by atoms with Crippen LogP contribution in [0.15, 0.2) is 30.3 Å². The first-order chi connectivity index (χ1) is 10.0. The molecular formula is C15H18BNO4. The average molecular weight is 287 g/mol. The highest BCUT2D eigenvalue weighted by Gasteiger charge is 2.14. The largest absolute Gasteiger partial charge is 0.497 e. The van der Waals surface area contributed by atoms with Crippen LogP contribution < -0.4 is 15.5 Å². The number of ether oxygens (including phenoxy) is 1. The third kappa shape index (κ3) is 3.74. The number of carbonyl (C=O) groups excluding carboxylic acids is 1. The third-order valence-corrected chi connectivity index (χ3v) is 3.34.